The Balaban J connectivity index is 1.65. The van der Waals surface area contributed by atoms with Crippen molar-refractivity contribution in [1.29, 1.82) is 0 Å². The first-order valence-electron chi connectivity index (χ1n) is 7.92. The fourth-order valence-electron chi connectivity index (χ4n) is 2.54. The Morgan fingerprint density at radius 1 is 1.08 bits per heavy atom. The van der Waals surface area contributed by atoms with Crippen molar-refractivity contribution >= 4 is 40.5 Å². The number of amides is 1. The fourth-order valence-corrected chi connectivity index (χ4v) is 2.83. The zero-order chi connectivity index (χ0) is 17.6. The summed E-state index contributed by atoms with van der Waals surface area (Å²) in [4.78, 5) is 14.4. The van der Waals surface area contributed by atoms with Gasteiger partial charge in [-0.2, -0.15) is 0 Å². The van der Waals surface area contributed by atoms with Gasteiger partial charge in [-0.3, -0.25) is 4.79 Å². The molecule has 25 heavy (non-hydrogen) atoms. The van der Waals surface area contributed by atoms with Crippen LogP contribution in [-0.2, 0) is 9.53 Å². The minimum atomic E-state index is -0.244. The predicted octanol–water partition coefficient (Wildman–Crippen LogP) is 3.85. The summed E-state index contributed by atoms with van der Waals surface area (Å²) in [5.74, 6) is 0.343. The quantitative estimate of drug-likeness (QED) is 0.855. The van der Waals surface area contributed by atoms with Gasteiger partial charge in [0.05, 0.1) is 24.6 Å². The van der Waals surface area contributed by atoms with Crippen LogP contribution in [0.2, 0.25) is 10.0 Å². The van der Waals surface area contributed by atoms with Crippen molar-refractivity contribution < 1.29 is 14.3 Å². The third kappa shape index (κ3) is 5.01. The average molecular weight is 381 g/mol. The topological polar surface area (TPSA) is 50.8 Å². The van der Waals surface area contributed by atoms with Crippen molar-refractivity contribution in [2.75, 3.05) is 43.1 Å². The van der Waals surface area contributed by atoms with Gasteiger partial charge in [0.25, 0.3) is 5.91 Å². The maximum Gasteiger partial charge on any atom is 0.262 e. The van der Waals surface area contributed by atoms with Crippen LogP contribution in [-0.4, -0.2) is 38.8 Å². The predicted molar refractivity (Wildman–Crippen MR) is 100 cm³/mol. The average Bonchev–Trinajstić information content (AvgIpc) is 2.63. The Bertz CT molecular complexity index is 732. The Morgan fingerprint density at radius 3 is 2.48 bits per heavy atom. The molecule has 0 aliphatic carbocycles. The van der Waals surface area contributed by atoms with Crippen molar-refractivity contribution in [3.63, 3.8) is 0 Å². The summed E-state index contributed by atoms with van der Waals surface area (Å²) in [5, 5.41) is 4.13. The number of carbonyl (C=O) groups is 1. The molecule has 1 fully saturated rings. The van der Waals surface area contributed by atoms with Crippen LogP contribution in [0.4, 0.5) is 11.4 Å². The second-order valence-corrected chi connectivity index (χ2v) is 6.42. The van der Waals surface area contributed by atoms with E-state index >= 15 is 0 Å². The fraction of sp³-hybridized carbons (Fsp3) is 0.278. The van der Waals surface area contributed by atoms with Crippen molar-refractivity contribution in [1.82, 2.24) is 0 Å². The Morgan fingerprint density at radius 2 is 1.76 bits per heavy atom. The number of ether oxygens (including phenoxy) is 2. The van der Waals surface area contributed by atoms with E-state index in [1.54, 1.807) is 36.4 Å². The highest BCUT2D eigenvalue weighted by atomic mass is 35.5. The smallest absolute Gasteiger partial charge is 0.262 e. The third-order valence-corrected chi connectivity index (χ3v) is 4.26. The molecule has 0 unspecified atom stereocenters. The minimum Gasteiger partial charge on any atom is -0.484 e. The van der Waals surface area contributed by atoms with E-state index in [0.29, 0.717) is 34.7 Å². The molecule has 0 saturated carbocycles. The molecular formula is C18H18Cl2N2O3. The number of hydrogen-bond donors (Lipinski definition) is 1. The number of rotatable bonds is 5. The number of nitrogens with one attached hydrogen (secondary N) is 1. The number of carbonyl (C=O) groups excluding carboxylic acids is 1. The summed E-state index contributed by atoms with van der Waals surface area (Å²) >= 11 is 11.9. The van der Waals surface area contributed by atoms with Gasteiger partial charge in [-0.1, -0.05) is 23.2 Å². The van der Waals surface area contributed by atoms with Gasteiger partial charge in [0.1, 0.15) is 5.75 Å². The monoisotopic (exact) mass is 380 g/mol. The Labute approximate surface area is 156 Å². The van der Waals surface area contributed by atoms with Crippen molar-refractivity contribution in [3.8, 4) is 5.75 Å². The van der Waals surface area contributed by atoms with Gasteiger partial charge in [0.2, 0.25) is 0 Å². The van der Waals surface area contributed by atoms with Gasteiger partial charge in [-0.05, 0) is 42.5 Å². The van der Waals surface area contributed by atoms with Crippen LogP contribution in [0.3, 0.4) is 0 Å². The standard InChI is InChI=1S/C18H18Cl2N2O3/c19-13-1-4-15(5-2-13)25-12-18(23)21-16-6-3-14(20)11-17(16)22-7-9-24-10-8-22/h1-6,11H,7-10,12H2,(H,21,23). The molecule has 1 aliphatic rings. The van der Waals surface area contributed by atoms with E-state index < -0.39 is 0 Å². The zero-order valence-electron chi connectivity index (χ0n) is 13.5. The molecule has 2 aromatic carbocycles. The molecule has 0 atom stereocenters. The normalized spacial score (nSPS) is 14.2. The molecule has 2 aromatic rings. The maximum absolute atomic E-state index is 12.2. The molecule has 0 bridgehead atoms. The molecular weight excluding hydrogens is 363 g/mol. The summed E-state index contributed by atoms with van der Waals surface area (Å²) < 4.78 is 10.9. The minimum absolute atomic E-state index is 0.0905. The molecule has 1 saturated heterocycles. The molecule has 0 radical (unpaired) electrons. The number of morpholine rings is 1. The first-order valence-corrected chi connectivity index (χ1v) is 8.68. The molecule has 1 heterocycles. The van der Waals surface area contributed by atoms with E-state index in [4.69, 9.17) is 32.7 Å². The van der Waals surface area contributed by atoms with E-state index in [0.717, 1.165) is 18.8 Å². The van der Waals surface area contributed by atoms with Gasteiger partial charge in [0.15, 0.2) is 6.61 Å². The Hall–Kier alpha value is -1.95. The van der Waals surface area contributed by atoms with Gasteiger partial charge in [-0.25, -0.2) is 0 Å². The van der Waals surface area contributed by atoms with Crippen LogP contribution >= 0.6 is 23.2 Å². The highest BCUT2D eigenvalue weighted by Gasteiger charge is 2.17. The highest BCUT2D eigenvalue weighted by molar-refractivity contribution is 6.31. The SMILES string of the molecule is O=C(COc1ccc(Cl)cc1)Nc1ccc(Cl)cc1N1CCOCC1. The molecule has 1 N–H and O–H groups in total. The van der Waals surface area contributed by atoms with Crippen LogP contribution in [0.15, 0.2) is 42.5 Å². The van der Waals surface area contributed by atoms with Gasteiger partial charge in [-0.15, -0.1) is 0 Å². The number of halogens is 2. The van der Waals surface area contributed by atoms with E-state index in [-0.39, 0.29) is 12.5 Å². The van der Waals surface area contributed by atoms with Gasteiger partial charge in [0, 0.05) is 23.1 Å². The molecule has 1 aliphatic heterocycles. The van der Waals surface area contributed by atoms with Crippen molar-refractivity contribution in [3.05, 3.63) is 52.5 Å². The molecule has 0 spiro atoms. The lowest BCUT2D eigenvalue weighted by Crippen LogP contribution is -2.37. The molecule has 3 rings (SSSR count). The van der Waals surface area contributed by atoms with E-state index in [2.05, 4.69) is 10.2 Å². The third-order valence-electron chi connectivity index (χ3n) is 3.77. The maximum atomic E-state index is 12.2. The zero-order valence-corrected chi connectivity index (χ0v) is 15.0. The largest absolute Gasteiger partial charge is 0.484 e. The van der Waals surface area contributed by atoms with Crippen LogP contribution in [0, 0.1) is 0 Å². The molecule has 1 amide bonds. The van der Waals surface area contributed by atoms with Gasteiger partial charge < -0.3 is 19.7 Å². The second kappa shape index (κ2) is 8.43. The van der Waals surface area contributed by atoms with Crippen LogP contribution in [0.25, 0.3) is 0 Å². The Kier molecular flexibility index (Phi) is 6.02. The van der Waals surface area contributed by atoms with E-state index in [9.17, 15) is 4.79 Å². The molecule has 0 aromatic heterocycles. The van der Waals surface area contributed by atoms with Crippen molar-refractivity contribution in [2.45, 2.75) is 0 Å². The second-order valence-electron chi connectivity index (χ2n) is 5.55. The van der Waals surface area contributed by atoms with Crippen molar-refractivity contribution in [2.24, 2.45) is 0 Å². The molecule has 132 valence electrons. The van der Waals surface area contributed by atoms with Crippen LogP contribution in [0.1, 0.15) is 0 Å². The number of hydrogen-bond acceptors (Lipinski definition) is 4. The molecule has 7 heteroatoms. The molecule has 5 nitrogen and oxygen atoms in total. The highest BCUT2D eigenvalue weighted by Crippen LogP contribution is 2.30. The van der Waals surface area contributed by atoms with Gasteiger partial charge >= 0.3 is 0 Å². The lowest BCUT2D eigenvalue weighted by molar-refractivity contribution is -0.118. The lowest BCUT2D eigenvalue weighted by atomic mass is 10.2. The summed E-state index contributed by atoms with van der Waals surface area (Å²) in [6, 6.07) is 12.3. The van der Waals surface area contributed by atoms with E-state index in [1.807, 2.05) is 6.07 Å². The summed E-state index contributed by atoms with van der Waals surface area (Å²) in [5.41, 5.74) is 1.59. The van der Waals surface area contributed by atoms with Crippen LogP contribution < -0.4 is 15.0 Å². The van der Waals surface area contributed by atoms with Crippen LogP contribution in [0.5, 0.6) is 5.75 Å². The van der Waals surface area contributed by atoms with E-state index in [1.165, 1.54) is 0 Å². The lowest BCUT2D eigenvalue weighted by Gasteiger charge is -2.30. The first kappa shape index (κ1) is 17.9. The first-order chi connectivity index (χ1) is 12.1. The summed E-state index contributed by atoms with van der Waals surface area (Å²) in [7, 11) is 0. The number of nitrogens with zero attached hydrogens (tertiary/aromatic N) is 1. The summed E-state index contributed by atoms with van der Waals surface area (Å²) in [6.07, 6.45) is 0. The number of benzene rings is 2. The number of anilines is 2. The summed E-state index contributed by atoms with van der Waals surface area (Å²) in [6.45, 7) is 2.72.